The molecule has 5 nitrogen and oxygen atoms in total. The van der Waals surface area contributed by atoms with Crippen LogP contribution >= 0.6 is 11.5 Å². The van der Waals surface area contributed by atoms with E-state index in [4.69, 9.17) is 5.11 Å². The van der Waals surface area contributed by atoms with Crippen LogP contribution in [-0.4, -0.2) is 24.5 Å². The van der Waals surface area contributed by atoms with Crippen LogP contribution in [0.2, 0.25) is 0 Å². The molecule has 0 aliphatic rings. The van der Waals surface area contributed by atoms with Crippen LogP contribution in [0.3, 0.4) is 0 Å². The highest BCUT2D eigenvalue weighted by molar-refractivity contribution is 7.05. The summed E-state index contributed by atoms with van der Waals surface area (Å²) in [6.07, 6.45) is 3.30. The summed E-state index contributed by atoms with van der Waals surface area (Å²) in [7, 11) is 0. The first-order valence-electron chi connectivity index (χ1n) is 3.78. The van der Waals surface area contributed by atoms with E-state index in [0.717, 1.165) is 4.88 Å². The molecule has 0 aliphatic carbocycles. The topological polar surface area (TPSA) is 63.8 Å². The Morgan fingerprint density at radius 2 is 2.46 bits per heavy atom. The lowest BCUT2D eigenvalue weighted by Crippen LogP contribution is -2.05. The number of hydrogen-bond donors (Lipinski definition) is 1. The van der Waals surface area contributed by atoms with Crippen molar-refractivity contribution in [1.82, 2.24) is 19.4 Å². The Morgan fingerprint density at radius 3 is 3.15 bits per heavy atom. The molecule has 0 radical (unpaired) electrons. The van der Waals surface area contributed by atoms with Crippen LogP contribution in [0, 0.1) is 0 Å². The number of rotatable bonds is 3. The summed E-state index contributed by atoms with van der Waals surface area (Å²) in [6, 6.07) is 1.92. The van der Waals surface area contributed by atoms with Gasteiger partial charge in [-0.15, -0.1) is 5.10 Å². The van der Waals surface area contributed by atoms with Crippen molar-refractivity contribution in [2.75, 3.05) is 0 Å². The molecule has 0 amide bonds. The lowest BCUT2D eigenvalue weighted by Gasteiger charge is -1.99. The fourth-order valence-corrected chi connectivity index (χ4v) is 1.56. The van der Waals surface area contributed by atoms with Gasteiger partial charge < -0.3 is 5.11 Å². The molecule has 0 saturated carbocycles. The second kappa shape index (κ2) is 3.63. The van der Waals surface area contributed by atoms with Crippen molar-refractivity contribution in [3.8, 4) is 0 Å². The number of nitrogens with zero attached hydrogens (tertiary/aromatic N) is 4. The molecule has 2 rings (SSSR count). The number of hydrogen-bond acceptors (Lipinski definition) is 5. The summed E-state index contributed by atoms with van der Waals surface area (Å²) in [5.41, 5.74) is 0.716. The summed E-state index contributed by atoms with van der Waals surface area (Å²) < 4.78 is 5.64. The third-order valence-corrected chi connectivity index (χ3v) is 2.38. The van der Waals surface area contributed by atoms with Crippen molar-refractivity contribution in [1.29, 1.82) is 0 Å². The average molecular weight is 196 g/mol. The van der Waals surface area contributed by atoms with E-state index in [-0.39, 0.29) is 6.61 Å². The molecule has 0 unspecified atom stereocenters. The first kappa shape index (κ1) is 8.33. The zero-order chi connectivity index (χ0) is 9.10. The molecule has 2 aromatic heterocycles. The van der Waals surface area contributed by atoms with Gasteiger partial charge in [-0.25, -0.2) is 9.06 Å². The minimum atomic E-state index is -0.0359. The predicted octanol–water partition coefficient (Wildman–Crippen LogP) is 0.275. The molecular weight excluding hydrogens is 188 g/mol. The fourth-order valence-electron chi connectivity index (χ4n) is 1.01. The van der Waals surface area contributed by atoms with Gasteiger partial charge in [0.2, 0.25) is 0 Å². The van der Waals surface area contributed by atoms with E-state index in [1.54, 1.807) is 17.1 Å². The van der Waals surface area contributed by atoms with Gasteiger partial charge in [-0.1, -0.05) is 5.21 Å². The third kappa shape index (κ3) is 1.73. The lowest BCUT2D eigenvalue weighted by atomic mass is 10.4. The second-order valence-corrected chi connectivity index (χ2v) is 3.44. The highest BCUT2D eigenvalue weighted by Gasteiger charge is 2.03. The Kier molecular flexibility index (Phi) is 2.33. The minimum absolute atomic E-state index is 0.0359. The van der Waals surface area contributed by atoms with Gasteiger partial charge in [0, 0.05) is 11.1 Å². The Bertz CT molecular complexity index is 370. The van der Waals surface area contributed by atoms with Crippen LogP contribution in [0.15, 0.2) is 18.5 Å². The van der Waals surface area contributed by atoms with E-state index in [1.165, 1.54) is 11.5 Å². The molecule has 2 heterocycles. The van der Waals surface area contributed by atoms with E-state index >= 15 is 0 Å². The number of aliphatic hydroxyl groups excluding tert-OH is 1. The van der Waals surface area contributed by atoms with Gasteiger partial charge in [-0.2, -0.15) is 0 Å². The van der Waals surface area contributed by atoms with Crippen molar-refractivity contribution in [2.24, 2.45) is 0 Å². The molecule has 1 N–H and O–H groups in total. The minimum Gasteiger partial charge on any atom is -0.390 e. The molecule has 13 heavy (non-hydrogen) atoms. The normalized spacial score (nSPS) is 10.5. The predicted molar refractivity (Wildman–Crippen MR) is 47.2 cm³/mol. The Morgan fingerprint density at radius 1 is 1.54 bits per heavy atom. The quantitative estimate of drug-likeness (QED) is 0.765. The molecule has 0 aliphatic heterocycles. The standard InChI is InChI=1S/C7H8N4OS/c12-5-6-3-8-10-11(6)4-7-1-2-9-13-7/h1-3,12H,4-5H2. The molecule has 6 heteroatoms. The smallest absolute Gasteiger partial charge is 0.0866 e. The Hall–Kier alpha value is -1.27. The Labute approximate surface area is 78.8 Å². The van der Waals surface area contributed by atoms with Crippen LogP contribution < -0.4 is 0 Å². The zero-order valence-electron chi connectivity index (χ0n) is 6.79. The van der Waals surface area contributed by atoms with Crippen LogP contribution in [0.4, 0.5) is 0 Å². The first-order valence-corrected chi connectivity index (χ1v) is 4.55. The van der Waals surface area contributed by atoms with Crippen molar-refractivity contribution in [3.05, 3.63) is 29.0 Å². The number of aromatic nitrogens is 4. The van der Waals surface area contributed by atoms with E-state index in [0.29, 0.717) is 12.2 Å². The van der Waals surface area contributed by atoms with Crippen LogP contribution in [-0.2, 0) is 13.2 Å². The van der Waals surface area contributed by atoms with E-state index in [2.05, 4.69) is 14.7 Å². The lowest BCUT2D eigenvalue weighted by molar-refractivity contribution is 0.269. The van der Waals surface area contributed by atoms with Crippen LogP contribution in [0.1, 0.15) is 10.6 Å². The van der Waals surface area contributed by atoms with E-state index in [1.807, 2.05) is 6.07 Å². The van der Waals surface area contributed by atoms with Gasteiger partial charge in [-0.3, -0.25) is 0 Å². The monoisotopic (exact) mass is 196 g/mol. The highest BCUT2D eigenvalue weighted by Crippen LogP contribution is 2.07. The maximum Gasteiger partial charge on any atom is 0.0866 e. The van der Waals surface area contributed by atoms with E-state index in [9.17, 15) is 0 Å². The van der Waals surface area contributed by atoms with Gasteiger partial charge in [0.1, 0.15) is 0 Å². The third-order valence-electron chi connectivity index (χ3n) is 1.66. The first-order chi connectivity index (χ1) is 6.40. The van der Waals surface area contributed by atoms with Crippen LogP contribution in [0.25, 0.3) is 0 Å². The summed E-state index contributed by atoms with van der Waals surface area (Å²) in [4.78, 5) is 1.10. The van der Waals surface area contributed by atoms with E-state index < -0.39 is 0 Å². The molecule has 2 aromatic rings. The molecule has 0 saturated heterocycles. The molecule has 0 aromatic carbocycles. The van der Waals surface area contributed by atoms with Gasteiger partial charge in [0.15, 0.2) is 0 Å². The summed E-state index contributed by atoms with van der Waals surface area (Å²) >= 11 is 1.42. The SMILES string of the molecule is OCc1cnnn1Cc1ccns1. The second-order valence-electron chi connectivity index (χ2n) is 2.52. The zero-order valence-corrected chi connectivity index (χ0v) is 7.61. The summed E-state index contributed by atoms with van der Waals surface area (Å²) in [5, 5.41) is 16.5. The van der Waals surface area contributed by atoms with Crippen molar-refractivity contribution in [2.45, 2.75) is 13.2 Å². The largest absolute Gasteiger partial charge is 0.390 e. The van der Waals surface area contributed by atoms with Crippen molar-refractivity contribution in [3.63, 3.8) is 0 Å². The summed E-state index contributed by atoms with van der Waals surface area (Å²) in [5.74, 6) is 0. The molecule has 0 bridgehead atoms. The molecule has 0 fully saturated rings. The molecular formula is C7H8N4OS. The van der Waals surface area contributed by atoms with Gasteiger partial charge in [0.25, 0.3) is 0 Å². The maximum atomic E-state index is 8.92. The van der Waals surface area contributed by atoms with Crippen molar-refractivity contribution < 1.29 is 5.11 Å². The molecule has 68 valence electrons. The number of aliphatic hydroxyl groups is 1. The molecule has 0 spiro atoms. The molecule has 0 atom stereocenters. The van der Waals surface area contributed by atoms with Gasteiger partial charge in [-0.05, 0) is 17.6 Å². The van der Waals surface area contributed by atoms with Crippen LogP contribution in [0.5, 0.6) is 0 Å². The maximum absolute atomic E-state index is 8.92. The van der Waals surface area contributed by atoms with Crippen molar-refractivity contribution >= 4 is 11.5 Å². The van der Waals surface area contributed by atoms with Gasteiger partial charge in [0.05, 0.1) is 25.0 Å². The Balaban J connectivity index is 2.18. The van der Waals surface area contributed by atoms with Gasteiger partial charge >= 0.3 is 0 Å². The summed E-state index contributed by atoms with van der Waals surface area (Å²) in [6.45, 7) is 0.590. The fraction of sp³-hybridized carbons (Fsp3) is 0.286. The highest BCUT2D eigenvalue weighted by atomic mass is 32.1. The average Bonchev–Trinajstić information content (AvgIpc) is 2.76.